The monoisotopic (exact) mass is 354 g/mol. The average molecular weight is 354 g/mol. The molecule has 7 heteroatoms. The van der Waals surface area contributed by atoms with Crippen molar-refractivity contribution in [1.82, 2.24) is 20.0 Å². The summed E-state index contributed by atoms with van der Waals surface area (Å²) in [5.41, 5.74) is 2.16. The largest absolute Gasteiger partial charge is 0.497 e. The summed E-state index contributed by atoms with van der Waals surface area (Å²) in [6, 6.07) is 8.96. The van der Waals surface area contributed by atoms with Crippen LogP contribution in [0.5, 0.6) is 5.75 Å². The lowest BCUT2D eigenvalue weighted by Gasteiger charge is -2.34. The van der Waals surface area contributed by atoms with Crippen LogP contribution in [-0.4, -0.2) is 65.1 Å². The predicted octanol–water partition coefficient (Wildman–Crippen LogP) is 1.89. The van der Waals surface area contributed by atoms with Crippen LogP contribution < -0.4 is 4.74 Å². The molecule has 0 unspecified atom stereocenters. The van der Waals surface area contributed by atoms with E-state index in [0.29, 0.717) is 43.4 Å². The topological polar surface area (TPSA) is 78.5 Å². The highest BCUT2D eigenvalue weighted by Gasteiger charge is 2.29. The third-order valence-corrected chi connectivity index (χ3v) is 5.03. The first-order valence-electron chi connectivity index (χ1n) is 8.93. The fourth-order valence-corrected chi connectivity index (χ4v) is 3.24. The van der Waals surface area contributed by atoms with Crippen LogP contribution in [0.3, 0.4) is 0 Å². The summed E-state index contributed by atoms with van der Waals surface area (Å²) in [5.74, 6) is 1.18. The lowest BCUT2D eigenvalue weighted by Crippen LogP contribution is -2.50. The number of hydrogen-bond donors (Lipinski definition) is 1. The summed E-state index contributed by atoms with van der Waals surface area (Å²) in [6.45, 7) is 2.09. The molecule has 2 aliphatic rings. The van der Waals surface area contributed by atoms with E-state index in [-0.39, 0.29) is 11.8 Å². The number of piperazine rings is 1. The number of H-pyrrole nitrogens is 1. The van der Waals surface area contributed by atoms with Crippen molar-refractivity contribution in [3.63, 3.8) is 0 Å². The summed E-state index contributed by atoms with van der Waals surface area (Å²) in [7, 11) is 1.60. The number of amides is 2. The fraction of sp³-hybridized carbons (Fsp3) is 0.421. The summed E-state index contributed by atoms with van der Waals surface area (Å²) in [4.78, 5) is 28.7. The molecule has 1 saturated carbocycles. The van der Waals surface area contributed by atoms with E-state index in [1.165, 1.54) is 12.8 Å². The van der Waals surface area contributed by atoms with E-state index >= 15 is 0 Å². The number of rotatable bonds is 4. The van der Waals surface area contributed by atoms with Gasteiger partial charge in [-0.1, -0.05) is 0 Å². The third-order valence-electron chi connectivity index (χ3n) is 5.03. The van der Waals surface area contributed by atoms with Gasteiger partial charge in [0.25, 0.3) is 11.8 Å². The van der Waals surface area contributed by atoms with Gasteiger partial charge < -0.3 is 14.5 Å². The number of benzene rings is 1. The molecule has 1 aromatic heterocycles. The van der Waals surface area contributed by atoms with Crippen LogP contribution in [-0.2, 0) is 0 Å². The zero-order valence-corrected chi connectivity index (χ0v) is 14.8. The van der Waals surface area contributed by atoms with Gasteiger partial charge in [-0.05, 0) is 43.2 Å². The van der Waals surface area contributed by atoms with Crippen LogP contribution in [0.1, 0.15) is 45.3 Å². The van der Waals surface area contributed by atoms with Gasteiger partial charge in [-0.25, -0.2) is 0 Å². The predicted molar refractivity (Wildman–Crippen MR) is 95.4 cm³/mol. The molecule has 136 valence electrons. The van der Waals surface area contributed by atoms with Crippen molar-refractivity contribution in [2.45, 2.75) is 18.8 Å². The lowest BCUT2D eigenvalue weighted by atomic mass is 10.1. The highest BCUT2D eigenvalue weighted by Crippen LogP contribution is 2.39. The highest BCUT2D eigenvalue weighted by atomic mass is 16.5. The molecule has 1 aliphatic carbocycles. The van der Waals surface area contributed by atoms with Crippen molar-refractivity contribution in [2.75, 3.05) is 33.3 Å². The molecule has 1 N–H and O–H groups in total. The molecule has 1 aromatic carbocycles. The lowest BCUT2D eigenvalue weighted by molar-refractivity contribution is 0.0532. The minimum Gasteiger partial charge on any atom is -0.497 e. The van der Waals surface area contributed by atoms with E-state index in [4.69, 9.17) is 4.74 Å². The van der Waals surface area contributed by atoms with E-state index in [0.717, 1.165) is 11.4 Å². The summed E-state index contributed by atoms with van der Waals surface area (Å²) >= 11 is 0. The van der Waals surface area contributed by atoms with Gasteiger partial charge >= 0.3 is 0 Å². The van der Waals surface area contributed by atoms with Crippen molar-refractivity contribution < 1.29 is 14.3 Å². The van der Waals surface area contributed by atoms with Gasteiger partial charge in [-0.3, -0.25) is 14.7 Å². The van der Waals surface area contributed by atoms with Gasteiger partial charge in [0.15, 0.2) is 0 Å². The molecule has 4 rings (SSSR count). The van der Waals surface area contributed by atoms with Crippen LogP contribution in [0.25, 0.3) is 0 Å². The number of carbonyl (C=O) groups is 2. The van der Waals surface area contributed by atoms with Gasteiger partial charge in [0.1, 0.15) is 11.4 Å². The van der Waals surface area contributed by atoms with Crippen molar-refractivity contribution in [1.29, 1.82) is 0 Å². The van der Waals surface area contributed by atoms with Crippen LogP contribution >= 0.6 is 0 Å². The number of nitrogens with zero attached hydrogens (tertiary/aromatic N) is 3. The summed E-state index contributed by atoms with van der Waals surface area (Å²) < 4.78 is 5.12. The number of carbonyl (C=O) groups excluding carboxylic acids is 2. The highest BCUT2D eigenvalue weighted by molar-refractivity contribution is 5.95. The Morgan fingerprint density at radius 1 is 1.04 bits per heavy atom. The van der Waals surface area contributed by atoms with Gasteiger partial charge in [0.05, 0.1) is 7.11 Å². The molecule has 0 spiro atoms. The SMILES string of the molecule is COc1ccc(C(=O)N2CCN(C(=O)c3cc(C4CC4)[nH]n3)CC2)cc1. The second kappa shape index (κ2) is 6.82. The fourth-order valence-electron chi connectivity index (χ4n) is 3.24. The molecule has 1 saturated heterocycles. The number of ether oxygens (including phenoxy) is 1. The van der Waals surface area contributed by atoms with Crippen LogP contribution in [0, 0.1) is 0 Å². The normalized spacial score (nSPS) is 17.3. The second-order valence-electron chi connectivity index (χ2n) is 6.80. The molecular weight excluding hydrogens is 332 g/mol. The van der Waals surface area contributed by atoms with E-state index in [1.807, 2.05) is 6.07 Å². The second-order valence-corrected chi connectivity index (χ2v) is 6.80. The van der Waals surface area contributed by atoms with Crippen LogP contribution in [0.15, 0.2) is 30.3 Å². The molecule has 2 heterocycles. The maximum absolute atomic E-state index is 12.6. The van der Waals surface area contributed by atoms with Gasteiger partial charge in [0.2, 0.25) is 0 Å². The third kappa shape index (κ3) is 3.29. The Morgan fingerprint density at radius 2 is 1.65 bits per heavy atom. The van der Waals surface area contributed by atoms with Crippen LogP contribution in [0.4, 0.5) is 0 Å². The molecule has 7 nitrogen and oxygen atoms in total. The van der Waals surface area contributed by atoms with E-state index < -0.39 is 0 Å². The van der Waals surface area contributed by atoms with Gasteiger partial charge in [-0.2, -0.15) is 5.10 Å². The molecule has 2 fully saturated rings. The first-order chi connectivity index (χ1) is 12.7. The number of hydrogen-bond acceptors (Lipinski definition) is 4. The Bertz CT molecular complexity index is 802. The molecule has 0 bridgehead atoms. The van der Waals surface area contributed by atoms with Crippen molar-refractivity contribution in [3.05, 3.63) is 47.3 Å². The van der Waals surface area contributed by atoms with E-state index in [1.54, 1.807) is 41.2 Å². The molecule has 1 aliphatic heterocycles. The summed E-state index contributed by atoms with van der Waals surface area (Å²) in [5, 5.41) is 7.14. The first kappa shape index (κ1) is 16.6. The van der Waals surface area contributed by atoms with Gasteiger partial charge in [0, 0.05) is 43.4 Å². The van der Waals surface area contributed by atoms with E-state index in [9.17, 15) is 9.59 Å². The number of aromatic nitrogens is 2. The zero-order valence-electron chi connectivity index (χ0n) is 14.8. The quantitative estimate of drug-likeness (QED) is 0.909. The van der Waals surface area contributed by atoms with E-state index in [2.05, 4.69) is 10.2 Å². The number of methoxy groups -OCH3 is 1. The molecule has 26 heavy (non-hydrogen) atoms. The minimum absolute atomic E-state index is 0.0180. The molecule has 2 amide bonds. The molecule has 0 radical (unpaired) electrons. The molecule has 2 aromatic rings. The minimum atomic E-state index is -0.0651. The van der Waals surface area contributed by atoms with Crippen molar-refractivity contribution in [3.8, 4) is 5.75 Å². The maximum atomic E-state index is 12.6. The van der Waals surface area contributed by atoms with Crippen molar-refractivity contribution >= 4 is 11.8 Å². The number of nitrogens with one attached hydrogen (secondary N) is 1. The first-order valence-corrected chi connectivity index (χ1v) is 8.93. The van der Waals surface area contributed by atoms with Crippen LogP contribution in [0.2, 0.25) is 0 Å². The van der Waals surface area contributed by atoms with Crippen molar-refractivity contribution in [2.24, 2.45) is 0 Å². The van der Waals surface area contributed by atoms with Gasteiger partial charge in [-0.15, -0.1) is 0 Å². The maximum Gasteiger partial charge on any atom is 0.274 e. The smallest absolute Gasteiger partial charge is 0.274 e. The Hall–Kier alpha value is -2.83. The molecule has 0 atom stereocenters. The molecular formula is C19H22N4O3. The Balaban J connectivity index is 1.35. The Morgan fingerprint density at radius 3 is 2.23 bits per heavy atom. The Labute approximate surface area is 151 Å². The zero-order chi connectivity index (χ0) is 18.1. The number of aromatic amines is 1. The summed E-state index contributed by atoms with van der Waals surface area (Å²) in [6.07, 6.45) is 2.34. The standard InChI is InChI=1S/C19H22N4O3/c1-26-15-6-4-14(5-7-15)18(24)22-8-10-23(11-9-22)19(25)17-12-16(20-21-17)13-2-3-13/h4-7,12-13H,2-3,8-11H2,1H3,(H,20,21). The average Bonchev–Trinajstić information content (AvgIpc) is 3.44. The Kier molecular flexibility index (Phi) is 4.36.